The fourth-order valence-electron chi connectivity index (χ4n) is 4.28. The number of hydrogen-bond acceptors (Lipinski definition) is 4. The predicted octanol–water partition coefficient (Wildman–Crippen LogP) is 3.38. The molecule has 3 heterocycles. The first-order valence-corrected chi connectivity index (χ1v) is 10.2. The van der Waals surface area contributed by atoms with Gasteiger partial charge in [0, 0.05) is 37.8 Å². The lowest BCUT2D eigenvalue weighted by Gasteiger charge is -2.38. The molecule has 1 atom stereocenters. The van der Waals surface area contributed by atoms with Crippen LogP contribution in [0.25, 0.3) is 11.1 Å². The van der Waals surface area contributed by atoms with Gasteiger partial charge in [0.05, 0.1) is 18.1 Å². The van der Waals surface area contributed by atoms with Gasteiger partial charge in [-0.05, 0) is 49.3 Å². The van der Waals surface area contributed by atoms with E-state index >= 15 is 0 Å². The summed E-state index contributed by atoms with van der Waals surface area (Å²) < 4.78 is 11.2. The van der Waals surface area contributed by atoms with Gasteiger partial charge in [0.15, 0.2) is 0 Å². The summed E-state index contributed by atoms with van der Waals surface area (Å²) in [5.74, 6) is 0.146. The molecule has 0 bridgehead atoms. The first-order chi connectivity index (χ1) is 13.8. The second-order valence-electron chi connectivity index (χ2n) is 7.86. The zero-order chi connectivity index (χ0) is 19.2. The number of carbonyl (C=O) groups is 1. The van der Waals surface area contributed by atoms with Crippen LogP contribution in [0.5, 0.6) is 0 Å². The molecule has 1 aromatic heterocycles. The van der Waals surface area contributed by atoms with Crippen LogP contribution in [-0.2, 0) is 20.7 Å². The number of carbonyl (C=O) groups excluding carboxylic acids is 1. The van der Waals surface area contributed by atoms with Crippen LogP contribution in [0, 0.1) is 5.41 Å². The third-order valence-electron chi connectivity index (χ3n) is 5.95. The molecule has 2 aromatic rings. The Morgan fingerprint density at radius 3 is 2.71 bits per heavy atom. The topological polar surface area (TPSA) is 60.5 Å². The van der Waals surface area contributed by atoms with Crippen LogP contribution < -0.4 is 5.32 Å². The first kappa shape index (κ1) is 19.1. The van der Waals surface area contributed by atoms with Crippen molar-refractivity contribution in [3.8, 4) is 11.1 Å². The first-order valence-electron chi connectivity index (χ1n) is 10.2. The summed E-state index contributed by atoms with van der Waals surface area (Å²) in [6.45, 7) is 2.67. The van der Waals surface area contributed by atoms with Crippen molar-refractivity contribution >= 4 is 5.91 Å². The molecule has 0 spiro atoms. The van der Waals surface area contributed by atoms with Crippen molar-refractivity contribution in [3.63, 3.8) is 0 Å². The fourth-order valence-corrected chi connectivity index (χ4v) is 4.28. The summed E-state index contributed by atoms with van der Waals surface area (Å²) >= 11 is 0. The molecule has 1 amide bonds. The molecule has 0 aliphatic carbocycles. The molecule has 0 saturated carbocycles. The third-order valence-corrected chi connectivity index (χ3v) is 5.95. The minimum Gasteiger partial charge on any atom is -0.381 e. The quantitative estimate of drug-likeness (QED) is 0.864. The Balaban J connectivity index is 1.60. The zero-order valence-electron chi connectivity index (χ0n) is 16.2. The highest BCUT2D eigenvalue weighted by Crippen LogP contribution is 2.37. The lowest BCUT2D eigenvalue weighted by molar-refractivity contribution is -0.138. The van der Waals surface area contributed by atoms with E-state index in [1.54, 1.807) is 6.20 Å². The zero-order valence-corrected chi connectivity index (χ0v) is 16.2. The van der Waals surface area contributed by atoms with Gasteiger partial charge in [-0.1, -0.05) is 30.3 Å². The van der Waals surface area contributed by atoms with Crippen LogP contribution in [0.3, 0.4) is 0 Å². The summed E-state index contributed by atoms with van der Waals surface area (Å²) in [6.07, 6.45) is 7.86. The summed E-state index contributed by atoms with van der Waals surface area (Å²) in [5, 5.41) is 3.28. The van der Waals surface area contributed by atoms with Crippen LogP contribution in [-0.4, -0.2) is 43.4 Å². The molecule has 2 fully saturated rings. The van der Waals surface area contributed by atoms with Gasteiger partial charge in [-0.25, -0.2) is 0 Å². The Labute approximate surface area is 166 Å². The van der Waals surface area contributed by atoms with Gasteiger partial charge in [0.2, 0.25) is 5.91 Å². The van der Waals surface area contributed by atoms with Gasteiger partial charge in [-0.15, -0.1) is 0 Å². The molecule has 5 nitrogen and oxygen atoms in total. The predicted molar refractivity (Wildman–Crippen MR) is 108 cm³/mol. The number of aromatic nitrogens is 1. The number of benzene rings is 1. The highest BCUT2D eigenvalue weighted by molar-refractivity contribution is 5.84. The molecule has 1 unspecified atom stereocenters. The number of pyridine rings is 1. The molecular weight excluding hydrogens is 352 g/mol. The van der Waals surface area contributed by atoms with Gasteiger partial charge < -0.3 is 14.8 Å². The van der Waals surface area contributed by atoms with Crippen molar-refractivity contribution in [2.45, 2.75) is 38.1 Å². The molecule has 2 aliphatic heterocycles. The van der Waals surface area contributed by atoms with Crippen molar-refractivity contribution < 1.29 is 14.3 Å². The molecule has 1 N–H and O–H groups in total. The van der Waals surface area contributed by atoms with Crippen LogP contribution in [0.1, 0.15) is 31.2 Å². The van der Waals surface area contributed by atoms with E-state index in [1.165, 1.54) is 5.56 Å². The van der Waals surface area contributed by atoms with E-state index in [1.807, 2.05) is 18.3 Å². The molecular formula is C23H28N2O3. The molecule has 4 rings (SSSR count). The van der Waals surface area contributed by atoms with E-state index in [0.717, 1.165) is 43.4 Å². The van der Waals surface area contributed by atoms with E-state index in [-0.39, 0.29) is 11.9 Å². The van der Waals surface area contributed by atoms with Crippen molar-refractivity contribution in [1.29, 1.82) is 0 Å². The smallest absolute Gasteiger partial charge is 0.227 e. The van der Waals surface area contributed by atoms with Gasteiger partial charge in [-0.3, -0.25) is 9.78 Å². The van der Waals surface area contributed by atoms with E-state index in [2.05, 4.69) is 34.6 Å². The maximum Gasteiger partial charge on any atom is 0.227 e. The van der Waals surface area contributed by atoms with Crippen LogP contribution in [0.15, 0.2) is 48.8 Å². The van der Waals surface area contributed by atoms with Gasteiger partial charge >= 0.3 is 0 Å². The molecule has 1 aromatic carbocycles. The third kappa shape index (κ3) is 4.26. The molecule has 2 saturated heterocycles. The number of amides is 1. The minimum atomic E-state index is -0.436. The maximum atomic E-state index is 13.4. The van der Waals surface area contributed by atoms with Crippen LogP contribution in [0.4, 0.5) is 0 Å². The van der Waals surface area contributed by atoms with Crippen LogP contribution in [0.2, 0.25) is 0 Å². The van der Waals surface area contributed by atoms with Crippen molar-refractivity contribution in [3.05, 3.63) is 54.4 Å². The van der Waals surface area contributed by atoms with Gasteiger partial charge in [0.25, 0.3) is 0 Å². The summed E-state index contributed by atoms with van der Waals surface area (Å²) in [6, 6.07) is 12.5. The Morgan fingerprint density at radius 1 is 1.11 bits per heavy atom. The van der Waals surface area contributed by atoms with Crippen molar-refractivity contribution in [1.82, 2.24) is 10.3 Å². The van der Waals surface area contributed by atoms with E-state index in [4.69, 9.17) is 9.47 Å². The number of hydrogen-bond donors (Lipinski definition) is 1. The summed E-state index contributed by atoms with van der Waals surface area (Å²) in [7, 11) is 0. The normalized spacial score (nSPS) is 21.8. The van der Waals surface area contributed by atoms with E-state index in [9.17, 15) is 4.79 Å². The van der Waals surface area contributed by atoms with Crippen molar-refractivity contribution in [2.75, 3.05) is 26.4 Å². The standard InChI is InChI=1S/C23H28N2O3/c26-22(25-20-7-4-12-28-17-20)23(9-13-27-14-10-23)15-18-5-1-2-8-21(18)19-6-3-11-24-16-19/h1-3,5-6,8,11,16,20H,4,7,9-10,12-15,17H2,(H,25,26). The average molecular weight is 380 g/mol. The van der Waals surface area contributed by atoms with Gasteiger partial charge in [-0.2, -0.15) is 0 Å². The Hall–Kier alpha value is -2.24. The van der Waals surface area contributed by atoms with Crippen LogP contribution >= 0.6 is 0 Å². The fraction of sp³-hybridized carbons (Fsp3) is 0.478. The summed E-state index contributed by atoms with van der Waals surface area (Å²) in [5.41, 5.74) is 2.98. The lowest BCUT2D eigenvalue weighted by atomic mass is 9.73. The molecule has 148 valence electrons. The maximum absolute atomic E-state index is 13.4. The second kappa shape index (κ2) is 8.84. The SMILES string of the molecule is O=C(NC1CCCOC1)C1(Cc2ccccc2-c2cccnc2)CCOCC1. The van der Waals surface area contributed by atoms with Gasteiger partial charge in [0.1, 0.15) is 0 Å². The highest BCUT2D eigenvalue weighted by Gasteiger charge is 2.41. The van der Waals surface area contributed by atoms with Crippen molar-refractivity contribution in [2.24, 2.45) is 5.41 Å². The number of nitrogens with one attached hydrogen (secondary N) is 1. The number of nitrogens with zero attached hydrogens (tertiary/aromatic N) is 1. The molecule has 2 aliphatic rings. The largest absolute Gasteiger partial charge is 0.381 e. The molecule has 0 radical (unpaired) electrons. The average Bonchev–Trinajstić information content (AvgIpc) is 2.76. The minimum absolute atomic E-state index is 0.120. The Kier molecular flexibility index (Phi) is 6.03. The van der Waals surface area contributed by atoms with E-state index in [0.29, 0.717) is 26.2 Å². The Morgan fingerprint density at radius 2 is 1.96 bits per heavy atom. The molecule has 28 heavy (non-hydrogen) atoms. The second-order valence-corrected chi connectivity index (χ2v) is 7.86. The molecule has 5 heteroatoms. The highest BCUT2D eigenvalue weighted by atomic mass is 16.5. The monoisotopic (exact) mass is 380 g/mol. The lowest BCUT2D eigenvalue weighted by Crippen LogP contribution is -2.51. The van der Waals surface area contributed by atoms with E-state index < -0.39 is 5.41 Å². The number of ether oxygens (including phenoxy) is 2. The Bertz CT molecular complexity index is 781. The summed E-state index contributed by atoms with van der Waals surface area (Å²) in [4.78, 5) is 17.7. The number of rotatable bonds is 5.